The Labute approximate surface area is 204 Å². The Bertz CT molecular complexity index is 1330. The van der Waals surface area contributed by atoms with Crippen molar-refractivity contribution in [1.29, 1.82) is 0 Å². The quantitative estimate of drug-likeness (QED) is 0.333. The summed E-state index contributed by atoms with van der Waals surface area (Å²) in [6.45, 7) is 3.64. The highest BCUT2D eigenvalue weighted by molar-refractivity contribution is 7.92. The lowest BCUT2D eigenvalue weighted by Crippen LogP contribution is -2.28. The highest BCUT2D eigenvalue weighted by Gasteiger charge is 2.33. The van der Waals surface area contributed by atoms with E-state index < -0.39 is 26.8 Å². The van der Waals surface area contributed by atoms with Crippen molar-refractivity contribution in [1.82, 2.24) is 9.62 Å². The summed E-state index contributed by atoms with van der Waals surface area (Å²) >= 11 is 0. The minimum atomic E-state index is -3.81. The monoisotopic (exact) mass is 497 g/mol. The van der Waals surface area contributed by atoms with E-state index in [2.05, 4.69) is 5.32 Å². The fraction of sp³-hybridized carbons (Fsp3) is 0.240. The lowest BCUT2D eigenvalue weighted by atomic mass is 9.80. The summed E-state index contributed by atoms with van der Waals surface area (Å²) in [4.78, 5) is 23.6. The topological polar surface area (TPSA) is 119 Å². The van der Waals surface area contributed by atoms with Gasteiger partial charge in [0.2, 0.25) is 10.0 Å². The number of non-ortho nitro benzene ring substituents is 1. The molecular weight excluding hydrogens is 470 g/mol. The van der Waals surface area contributed by atoms with Crippen LogP contribution in [0.5, 0.6) is 0 Å². The first-order chi connectivity index (χ1) is 16.5. The maximum Gasteiger partial charge on any atom is 0.336 e. The van der Waals surface area contributed by atoms with Crippen molar-refractivity contribution in [3.8, 4) is 0 Å². The van der Waals surface area contributed by atoms with E-state index in [1.54, 1.807) is 19.9 Å². The van der Waals surface area contributed by atoms with Crippen LogP contribution in [0, 0.1) is 10.1 Å². The van der Waals surface area contributed by atoms with E-state index in [4.69, 9.17) is 4.74 Å². The van der Waals surface area contributed by atoms with Crippen LogP contribution in [0.4, 0.5) is 5.69 Å². The first-order valence-electron chi connectivity index (χ1n) is 10.7. The number of allylic oxidation sites excluding steroid dienone is 4. The van der Waals surface area contributed by atoms with Crippen LogP contribution in [0.1, 0.15) is 30.9 Å². The average Bonchev–Trinajstić information content (AvgIpc) is 2.83. The lowest BCUT2D eigenvalue weighted by Gasteiger charge is -2.30. The largest absolute Gasteiger partial charge is 0.466 e. The molecule has 0 saturated carbocycles. The number of methoxy groups -OCH3 is 1. The van der Waals surface area contributed by atoms with Gasteiger partial charge in [0.1, 0.15) is 0 Å². The van der Waals surface area contributed by atoms with E-state index in [0.717, 1.165) is 11.0 Å². The molecule has 1 unspecified atom stereocenters. The molecule has 0 fully saturated rings. The van der Waals surface area contributed by atoms with Gasteiger partial charge in [-0.15, -0.1) is 0 Å². The number of hydrogen-bond acceptors (Lipinski definition) is 7. The number of sulfonamides is 1. The SMILES string of the molecule is COC(=O)C1=C(C)NC(C)=C(C=CS(=O)(=O)N(C)Cc2ccccc2)C1c1cccc([N+](=O)[O-])c1. The molecule has 1 heterocycles. The summed E-state index contributed by atoms with van der Waals surface area (Å²) in [5, 5.41) is 15.6. The fourth-order valence-corrected chi connectivity index (χ4v) is 4.82. The van der Waals surface area contributed by atoms with Crippen molar-refractivity contribution in [3.05, 3.63) is 110 Å². The van der Waals surface area contributed by atoms with Crippen molar-refractivity contribution in [3.63, 3.8) is 0 Å². The molecular formula is C25H27N3O6S. The molecule has 10 heteroatoms. The van der Waals surface area contributed by atoms with Crippen LogP contribution < -0.4 is 5.32 Å². The smallest absolute Gasteiger partial charge is 0.336 e. The van der Waals surface area contributed by atoms with Gasteiger partial charge >= 0.3 is 5.97 Å². The van der Waals surface area contributed by atoms with Gasteiger partial charge in [-0.3, -0.25) is 10.1 Å². The summed E-state index contributed by atoms with van der Waals surface area (Å²) in [7, 11) is -1.09. The van der Waals surface area contributed by atoms with Crippen molar-refractivity contribution in [2.45, 2.75) is 26.3 Å². The summed E-state index contributed by atoms with van der Waals surface area (Å²) < 4.78 is 32.2. The number of dihydropyridines is 1. The summed E-state index contributed by atoms with van der Waals surface area (Å²) in [5.74, 6) is -1.39. The van der Waals surface area contributed by atoms with Gasteiger partial charge in [-0.1, -0.05) is 42.5 Å². The molecule has 0 aliphatic carbocycles. The maximum absolute atomic E-state index is 13.0. The Morgan fingerprint density at radius 3 is 2.46 bits per heavy atom. The van der Waals surface area contributed by atoms with Crippen LogP contribution in [0.25, 0.3) is 0 Å². The molecule has 1 aliphatic heterocycles. The molecule has 0 radical (unpaired) electrons. The number of ether oxygens (including phenoxy) is 1. The maximum atomic E-state index is 13.0. The Morgan fingerprint density at radius 2 is 1.83 bits per heavy atom. The number of carbonyl (C=O) groups excluding carboxylic acids is 1. The Morgan fingerprint density at radius 1 is 1.14 bits per heavy atom. The van der Waals surface area contributed by atoms with E-state index in [1.165, 1.54) is 42.7 Å². The molecule has 9 nitrogen and oxygen atoms in total. The Balaban J connectivity index is 2.04. The van der Waals surface area contributed by atoms with E-state index >= 15 is 0 Å². The summed E-state index contributed by atoms with van der Waals surface area (Å²) in [6, 6.07) is 15.1. The molecule has 0 aromatic heterocycles. The minimum Gasteiger partial charge on any atom is -0.466 e. The minimum absolute atomic E-state index is 0.140. The highest BCUT2D eigenvalue weighted by atomic mass is 32.2. The molecule has 35 heavy (non-hydrogen) atoms. The van der Waals surface area contributed by atoms with Crippen LogP contribution in [0.3, 0.4) is 0 Å². The third kappa shape index (κ3) is 5.84. The lowest BCUT2D eigenvalue weighted by molar-refractivity contribution is -0.384. The molecule has 2 aromatic rings. The van der Waals surface area contributed by atoms with E-state index in [9.17, 15) is 23.3 Å². The molecule has 0 saturated heterocycles. The number of nitro groups is 1. The first-order valence-corrected chi connectivity index (χ1v) is 12.2. The number of benzene rings is 2. The zero-order chi connectivity index (χ0) is 25.8. The number of rotatable bonds is 8. The van der Waals surface area contributed by atoms with Gasteiger partial charge < -0.3 is 10.1 Å². The molecule has 184 valence electrons. The zero-order valence-corrected chi connectivity index (χ0v) is 20.7. The molecule has 3 rings (SSSR count). The average molecular weight is 498 g/mol. The number of carbonyl (C=O) groups is 1. The highest BCUT2D eigenvalue weighted by Crippen LogP contribution is 2.40. The number of hydrogen-bond donors (Lipinski definition) is 1. The standard InChI is InChI=1S/C25H27N3O6S/c1-17-22(13-14-35(32,33)27(3)16-19-9-6-5-7-10-19)24(23(18(2)26-17)25(29)34-4)20-11-8-12-21(15-20)28(30)31/h5-15,24,26H,16H2,1-4H3. The van der Waals surface area contributed by atoms with Crippen molar-refractivity contribution in [2.75, 3.05) is 14.2 Å². The van der Waals surface area contributed by atoms with E-state index in [0.29, 0.717) is 22.5 Å². The van der Waals surface area contributed by atoms with Crippen LogP contribution >= 0.6 is 0 Å². The molecule has 1 N–H and O–H groups in total. The van der Waals surface area contributed by atoms with Gasteiger partial charge in [0.15, 0.2) is 0 Å². The third-order valence-corrected chi connectivity index (χ3v) is 7.21. The fourth-order valence-electron chi connectivity index (χ4n) is 3.97. The normalized spacial score (nSPS) is 16.5. The predicted molar refractivity (Wildman–Crippen MR) is 132 cm³/mol. The second kappa shape index (κ2) is 10.7. The van der Waals surface area contributed by atoms with Crippen LogP contribution in [0.2, 0.25) is 0 Å². The number of esters is 1. The van der Waals surface area contributed by atoms with Gasteiger partial charge in [0, 0.05) is 48.4 Å². The van der Waals surface area contributed by atoms with E-state index in [-0.39, 0.29) is 17.8 Å². The van der Waals surface area contributed by atoms with Gasteiger partial charge in [0.05, 0.1) is 17.6 Å². The molecule has 1 aliphatic rings. The molecule has 1 atom stereocenters. The summed E-state index contributed by atoms with van der Waals surface area (Å²) in [5.41, 5.74) is 3.02. The van der Waals surface area contributed by atoms with Gasteiger partial charge in [-0.25, -0.2) is 13.2 Å². The van der Waals surface area contributed by atoms with Crippen LogP contribution in [-0.2, 0) is 26.1 Å². The first kappa shape index (κ1) is 25.9. The molecule has 0 amide bonds. The van der Waals surface area contributed by atoms with Crippen molar-refractivity contribution < 1.29 is 22.9 Å². The second-order valence-corrected chi connectivity index (χ2v) is 10.0. The Kier molecular flexibility index (Phi) is 7.88. The van der Waals surface area contributed by atoms with Crippen LogP contribution in [0.15, 0.2) is 88.6 Å². The second-order valence-electron chi connectivity index (χ2n) is 8.11. The van der Waals surface area contributed by atoms with Crippen LogP contribution in [-0.4, -0.2) is 37.8 Å². The Hall–Kier alpha value is -3.76. The molecule has 0 spiro atoms. The predicted octanol–water partition coefficient (Wildman–Crippen LogP) is 3.98. The van der Waals surface area contributed by atoms with Gasteiger partial charge in [-0.05, 0) is 36.6 Å². The molecule has 2 aromatic carbocycles. The van der Waals surface area contributed by atoms with Gasteiger partial charge in [0.25, 0.3) is 5.69 Å². The van der Waals surface area contributed by atoms with Gasteiger partial charge in [-0.2, -0.15) is 4.31 Å². The number of nitrogens with zero attached hydrogens (tertiary/aromatic N) is 2. The summed E-state index contributed by atoms with van der Waals surface area (Å²) in [6.07, 6.45) is 1.43. The molecule has 0 bridgehead atoms. The zero-order valence-electron chi connectivity index (χ0n) is 19.9. The van der Waals surface area contributed by atoms with Crippen molar-refractivity contribution in [2.24, 2.45) is 0 Å². The van der Waals surface area contributed by atoms with E-state index in [1.807, 2.05) is 30.3 Å². The van der Waals surface area contributed by atoms with Crippen molar-refractivity contribution >= 4 is 21.7 Å². The number of nitro benzene ring substituents is 1. The number of nitrogens with one attached hydrogen (secondary N) is 1. The third-order valence-electron chi connectivity index (χ3n) is 5.73.